The van der Waals surface area contributed by atoms with Crippen LogP contribution in [0.25, 0.3) is 0 Å². The minimum absolute atomic E-state index is 0.413. The van der Waals surface area contributed by atoms with Crippen LogP contribution in [0.1, 0.15) is 63.4 Å². The van der Waals surface area contributed by atoms with Crippen molar-refractivity contribution >= 4 is 23.2 Å². The molecule has 0 nitrogen and oxygen atoms in total. The first-order valence-electron chi connectivity index (χ1n) is 7.65. The van der Waals surface area contributed by atoms with E-state index in [1.165, 1.54) is 63.4 Å². The van der Waals surface area contributed by atoms with Gasteiger partial charge < -0.3 is 0 Å². The molecule has 2 aliphatic rings. The van der Waals surface area contributed by atoms with Crippen molar-refractivity contribution in [2.75, 3.05) is 0 Å². The predicted octanol–water partition coefficient (Wildman–Crippen LogP) is 6.39. The fourth-order valence-electron chi connectivity index (χ4n) is 3.98. The Morgan fingerprint density at radius 2 is 1.68 bits per heavy atom. The van der Waals surface area contributed by atoms with Crippen LogP contribution in [-0.4, -0.2) is 0 Å². The van der Waals surface area contributed by atoms with Crippen LogP contribution in [0.15, 0.2) is 18.2 Å². The van der Waals surface area contributed by atoms with Gasteiger partial charge in [-0.1, -0.05) is 67.8 Å². The van der Waals surface area contributed by atoms with Gasteiger partial charge in [-0.25, -0.2) is 0 Å². The molecular weight excluding hydrogens is 275 g/mol. The van der Waals surface area contributed by atoms with Gasteiger partial charge in [0.05, 0.1) is 10.0 Å². The Kier molecular flexibility index (Phi) is 4.10. The average molecular weight is 297 g/mol. The summed E-state index contributed by atoms with van der Waals surface area (Å²) in [5.74, 6) is 0.934. The summed E-state index contributed by atoms with van der Waals surface area (Å²) in [5.41, 5.74) is 1.84. The highest BCUT2D eigenvalue weighted by Crippen LogP contribution is 2.50. The third-order valence-corrected chi connectivity index (χ3v) is 5.99. The van der Waals surface area contributed by atoms with E-state index in [1.807, 2.05) is 6.07 Å². The highest BCUT2D eigenvalue weighted by atomic mass is 35.5. The first-order valence-corrected chi connectivity index (χ1v) is 8.41. The van der Waals surface area contributed by atoms with Gasteiger partial charge in [-0.3, -0.25) is 0 Å². The zero-order valence-corrected chi connectivity index (χ0v) is 12.9. The van der Waals surface area contributed by atoms with E-state index < -0.39 is 0 Å². The normalized spacial score (nSPS) is 23.1. The van der Waals surface area contributed by atoms with Crippen molar-refractivity contribution in [1.82, 2.24) is 0 Å². The third kappa shape index (κ3) is 2.81. The molecule has 0 saturated heterocycles. The molecule has 0 aliphatic heterocycles. The van der Waals surface area contributed by atoms with Gasteiger partial charge in [0.1, 0.15) is 0 Å². The Balaban J connectivity index is 1.79. The molecule has 0 heterocycles. The Hall–Kier alpha value is -0.200. The summed E-state index contributed by atoms with van der Waals surface area (Å²) in [6.07, 6.45) is 12.6. The number of hydrogen-bond donors (Lipinski definition) is 0. The van der Waals surface area contributed by atoms with Crippen LogP contribution in [0.4, 0.5) is 0 Å². The Labute approximate surface area is 126 Å². The minimum Gasteiger partial charge on any atom is -0.0827 e. The lowest BCUT2D eigenvalue weighted by molar-refractivity contribution is 0.167. The Bertz CT molecular complexity index is 443. The molecule has 0 spiro atoms. The molecule has 0 bridgehead atoms. The molecule has 0 atom stereocenters. The van der Waals surface area contributed by atoms with E-state index >= 15 is 0 Å². The second-order valence-corrected chi connectivity index (χ2v) is 7.29. The zero-order chi connectivity index (χ0) is 13.3. The van der Waals surface area contributed by atoms with Crippen molar-refractivity contribution < 1.29 is 0 Å². The van der Waals surface area contributed by atoms with Gasteiger partial charge in [-0.15, -0.1) is 0 Å². The average Bonchev–Trinajstić information content (AvgIpc) is 2.38. The molecule has 3 rings (SSSR count). The first-order chi connectivity index (χ1) is 9.20. The maximum atomic E-state index is 6.21. The largest absolute Gasteiger partial charge is 0.0827 e. The van der Waals surface area contributed by atoms with E-state index in [9.17, 15) is 0 Å². The molecule has 1 aromatic carbocycles. The number of halogens is 2. The van der Waals surface area contributed by atoms with Crippen LogP contribution >= 0.6 is 23.2 Å². The molecule has 0 unspecified atom stereocenters. The molecule has 2 aliphatic carbocycles. The van der Waals surface area contributed by atoms with Gasteiger partial charge in [0.25, 0.3) is 0 Å². The van der Waals surface area contributed by atoms with Crippen LogP contribution in [0.3, 0.4) is 0 Å². The van der Waals surface area contributed by atoms with Gasteiger partial charge in [0.15, 0.2) is 0 Å². The maximum Gasteiger partial charge on any atom is 0.0595 e. The van der Waals surface area contributed by atoms with Crippen molar-refractivity contribution in [3.63, 3.8) is 0 Å². The summed E-state index contributed by atoms with van der Waals surface area (Å²) in [6.45, 7) is 0. The van der Waals surface area contributed by atoms with Crippen LogP contribution in [-0.2, 0) is 5.41 Å². The molecule has 19 heavy (non-hydrogen) atoms. The van der Waals surface area contributed by atoms with Crippen molar-refractivity contribution in [2.45, 2.75) is 63.2 Å². The molecule has 2 heteroatoms. The maximum absolute atomic E-state index is 6.21. The Morgan fingerprint density at radius 1 is 0.947 bits per heavy atom. The monoisotopic (exact) mass is 296 g/mol. The predicted molar refractivity (Wildman–Crippen MR) is 83.2 cm³/mol. The highest BCUT2D eigenvalue weighted by Gasteiger charge is 2.40. The van der Waals surface area contributed by atoms with E-state index in [-0.39, 0.29) is 0 Å². The summed E-state index contributed by atoms with van der Waals surface area (Å²) < 4.78 is 0. The molecule has 2 saturated carbocycles. The second-order valence-electron chi connectivity index (χ2n) is 6.47. The fraction of sp³-hybridized carbons (Fsp3) is 0.647. The first kappa shape index (κ1) is 13.8. The molecule has 0 N–H and O–H groups in total. The van der Waals surface area contributed by atoms with Crippen molar-refractivity contribution in [3.8, 4) is 0 Å². The van der Waals surface area contributed by atoms with Crippen LogP contribution in [0.5, 0.6) is 0 Å². The van der Waals surface area contributed by atoms with Crippen LogP contribution < -0.4 is 0 Å². The standard InChI is InChI=1S/C17H22Cl2/c18-15-8-7-14(11-16(15)19)17(9-4-10-17)12-13-5-2-1-3-6-13/h7-8,11,13H,1-6,9-10,12H2. The van der Waals surface area contributed by atoms with E-state index in [0.717, 1.165) is 5.92 Å². The van der Waals surface area contributed by atoms with E-state index in [2.05, 4.69) is 12.1 Å². The molecule has 1 aromatic rings. The zero-order valence-electron chi connectivity index (χ0n) is 11.4. The lowest BCUT2D eigenvalue weighted by atomic mass is 9.59. The third-order valence-electron chi connectivity index (χ3n) is 5.25. The van der Waals surface area contributed by atoms with Crippen molar-refractivity contribution in [2.24, 2.45) is 5.92 Å². The smallest absolute Gasteiger partial charge is 0.0595 e. The van der Waals surface area contributed by atoms with E-state index in [1.54, 1.807) is 0 Å². The summed E-state index contributed by atoms with van der Waals surface area (Å²) in [4.78, 5) is 0. The van der Waals surface area contributed by atoms with E-state index in [4.69, 9.17) is 23.2 Å². The summed E-state index contributed by atoms with van der Waals surface area (Å²) in [5, 5.41) is 1.40. The molecular formula is C17H22Cl2. The van der Waals surface area contributed by atoms with Gasteiger partial charge in [0.2, 0.25) is 0 Å². The van der Waals surface area contributed by atoms with Gasteiger partial charge in [-0.2, -0.15) is 0 Å². The molecule has 104 valence electrons. The summed E-state index contributed by atoms with van der Waals surface area (Å²) in [6, 6.07) is 6.29. The van der Waals surface area contributed by atoms with Crippen molar-refractivity contribution in [1.29, 1.82) is 0 Å². The fourth-order valence-corrected chi connectivity index (χ4v) is 4.28. The van der Waals surface area contributed by atoms with Gasteiger partial charge in [0, 0.05) is 0 Å². The molecule has 0 aromatic heterocycles. The summed E-state index contributed by atoms with van der Waals surface area (Å²) >= 11 is 12.3. The van der Waals surface area contributed by atoms with Crippen LogP contribution in [0.2, 0.25) is 10.0 Å². The number of hydrogen-bond acceptors (Lipinski definition) is 0. The number of benzene rings is 1. The molecule has 0 amide bonds. The lowest BCUT2D eigenvalue weighted by Crippen LogP contribution is -2.36. The van der Waals surface area contributed by atoms with Gasteiger partial charge in [-0.05, 0) is 48.3 Å². The highest BCUT2D eigenvalue weighted by molar-refractivity contribution is 6.42. The minimum atomic E-state index is 0.413. The molecule has 2 fully saturated rings. The molecule has 0 radical (unpaired) electrons. The topological polar surface area (TPSA) is 0 Å². The summed E-state index contributed by atoms with van der Waals surface area (Å²) in [7, 11) is 0. The van der Waals surface area contributed by atoms with E-state index in [0.29, 0.717) is 15.5 Å². The Morgan fingerprint density at radius 3 is 2.26 bits per heavy atom. The lowest BCUT2D eigenvalue weighted by Gasteiger charge is -2.45. The SMILES string of the molecule is Clc1ccc(C2(CC3CCCCC3)CCC2)cc1Cl. The van der Waals surface area contributed by atoms with Gasteiger partial charge >= 0.3 is 0 Å². The van der Waals surface area contributed by atoms with Crippen molar-refractivity contribution in [3.05, 3.63) is 33.8 Å². The number of rotatable bonds is 3. The second kappa shape index (κ2) is 5.66. The quantitative estimate of drug-likeness (QED) is 0.606. The van der Waals surface area contributed by atoms with Crippen LogP contribution in [0, 0.1) is 5.92 Å².